The van der Waals surface area contributed by atoms with Crippen LogP contribution in [0.2, 0.25) is 0 Å². The number of benzene rings is 1. The first kappa shape index (κ1) is 15.0. The van der Waals surface area contributed by atoms with Gasteiger partial charge in [0, 0.05) is 18.2 Å². The minimum Gasteiger partial charge on any atom is -0.481 e. The third-order valence-corrected chi connectivity index (χ3v) is 3.66. The van der Waals surface area contributed by atoms with Gasteiger partial charge in [-0.2, -0.15) is 0 Å². The van der Waals surface area contributed by atoms with Crippen LogP contribution in [0.1, 0.15) is 24.8 Å². The van der Waals surface area contributed by atoms with Gasteiger partial charge in [-0.1, -0.05) is 12.1 Å². The van der Waals surface area contributed by atoms with Crippen LogP contribution >= 0.6 is 0 Å². The number of amides is 1. The molecule has 0 spiro atoms. The summed E-state index contributed by atoms with van der Waals surface area (Å²) in [4.78, 5) is 32.8. The molecule has 1 aromatic rings. The van der Waals surface area contributed by atoms with E-state index in [4.69, 9.17) is 5.11 Å². The maximum absolute atomic E-state index is 11.9. The number of carbonyl (C=O) groups excluding carboxylic acids is 1. The van der Waals surface area contributed by atoms with Crippen molar-refractivity contribution in [3.63, 3.8) is 0 Å². The van der Waals surface area contributed by atoms with Gasteiger partial charge in [-0.15, -0.1) is 0 Å². The SMILES string of the molecule is O=C(Cc1ccc([N+](=O)[O-])cc1)N[C@H]1CC[C@@H](C(=O)O)C1. The number of nitrogens with zero attached hydrogens (tertiary/aromatic N) is 1. The molecule has 1 aromatic carbocycles. The van der Waals surface area contributed by atoms with Gasteiger partial charge in [0.25, 0.3) is 5.69 Å². The number of carboxylic acids is 1. The van der Waals surface area contributed by atoms with Gasteiger partial charge in [0.1, 0.15) is 0 Å². The number of nitro groups is 1. The average Bonchev–Trinajstić information content (AvgIpc) is 2.87. The molecule has 2 rings (SSSR count). The van der Waals surface area contributed by atoms with Gasteiger partial charge in [-0.25, -0.2) is 0 Å². The van der Waals surface area contributed by atoms with Gasteiger partial charge in [0.05, 0.1) is 17.3 Å². The van der Waals surface area contributed by atoms with Gasteiger partial charge in [0.2, 0.25) is 5.91 Å². The molecule has 1 saturated carbocycles. The zero-order chi connectivity index (χ0) is 15.4. The molecule has 112 valence electrons. The Kier molecular flexibility index (Phi) is 4.52. The summed E-state index contributed by atoms with van der Waals surface area (Å²) in [6.07, 6.45) is 1.84. The number of non-ortho nitro benzene ring substituents is 1. The van der Waals surface area contributed by atoms with Crippen LogP contribution in [0.25, 0.3) is 0 Å². The van der Waals surface area contributed by atoms with Gasteiger partial charge >= 0.3 is 5.97 Å². The second-order valence-corrected chi connectivity index (χ2v) is 5.21. The Bertz CT molecular complexity index is 555. The second-order valence-electron chi connectivity index (χ2n) is 5.21. The number of aliphatic carboxylic acids is 1. The van der Waals surface area contributed by atoms with Crippen molar-refractivity contribution in [2.45, 2.75) is 31.7 Å². The van der Waals surface area contributed by atoms with Crippen molar-refractivity contribution >= 4 is 17.6 Å². The van der Waals surface area contributed by atoms with Crippen molar-refractivity contribution in [2.75, 3.05) is 0 Å². The van der Waals surface area contributed by atoms with Gasteiger partial charge in [0.15, 0.2) is 0 Å². The zero-order valence-corrected chi connectivity index (χ0v) is 11.3. The van der Waals surface area contributed by atoms with Crippen molar-refractivity contribution in [1.82, 2.24) is 5.32 Å². The Labute approximate surface area is 121 Å². The van der Waals surface area contributed by atoms with E-state index in [1.54, 1.807) is 12.1 Å². The fourth-order valence-electron chi connectivity index (χ4n) is 2.54. The van der Waals surface area contributed by atoms with Gasteiger partial charge in [-0.3, -0.25) is 19.7 Å². The second kappa shape index (κ2) is 6.34. The summed E-state index contributed by atoms with van der Waals surface area (Å²) in [5.74, 6) is -1.39. The summed E-state index contributed by atoms with van der Waals surface area (Å²) in [6, 6.07) is 5.72. The van der Waals surface area contributed by atoms with Crippen molar-refractivity contribution in [2.24, 2.45) is 5.92 Å². The van der Waals surface area contributed by atoms with Crippen LogP contribution in [0.4, 0.5) is 5.69 Å². The van der Waals surface area contributed by atoms with E-state index in [0.717, 1.165) is 0 Å². The number of nitrogens with one attached hydrogen (secondary N) is 1. The molecule has 0 saturated heterocycles. The van der Waals surface area contributed by atoms with E-state index < -0.39 is 10.9 Å². The first-order valence-corrected chi connectivity index (χ1v) is 6.71. The molecule has 0 aromatic heterocycles. The highest BCUT2D eigenvalue weighted by Gasteiger charge is 2.30. The Balaban J connectivity index is 1.85. The smallest absolute Gasteiger partial charge is 0.306 e. The summed E-state index contributed by atoms with van der Waals surface area (Å²) in [6.45, 7) is 0. The highest BCUT2D eigenvalue weighted by molar-refractivity contribution is 5.79. The van der Waals surface area contributed by atoms with E-state index in [1.165, 1.54) is 12.1 Å². The Morgan fingerprint density at radius 2 is 1.95 bits per heavy atom. The lowest BCUT2D eigenvalue weighted by atomic mass is 10.1. The molecule has 0 unspecified atom stereocenters. The molecule has 1 fully saturated rings. The highest BCUT2D eigenvalue weighted by atomic mass is 16.6. The zero-order valence-electron chi connectivity index (χ0n) is 11.3. The van der Waals surface area contributed by atoms with E-state index >= 15 is 0 Å². The molecule has 21 heavy (non-hydrogen) atoms. The summed E-state index contributed by atoms with van der Waals surface area (Å²) in [7, 11) is 0. The third-order valence-electron chi connectivity index (χ3n) is 3.66. The predicted octanol–water partition coefficient (Wildman–Crippen LogP) is 1.51. The van der Waals surface area contributed by atoms with Crippen molar-refractivity contribution in [3.8, 4) is 0 Å². The molecule has 0 aliphatic heterocycles. The summed E-state index contributed by atoms with van der Waals surface area (Å²) >= 11 is 0. The average molecular weight is 292 g/mol. The van der Waals surface area contributed by atoms with Crippen LogP contribution < -0.4 is 5.32 Å². The van der Waals surface area contributed by atoms with Crippen LogP contribution in [0.5, 0.6) is 0 Å². The predicted molar refractivity (Wildman–Crippen MR) is 73.7 cm³/mol. The van der Waals surface area contributed by atoms with Crippen LogP contribution in [-0.2, 0) is 16.0 Å². The first-order valence-electron chi connectivity index (χ1n) is 6.71. The monoisotopic (exact) mass is 292 g/mol. The fraction of sp³-hybridized carbons (Fsp3) is 0.429. The van der Waals surface area contributed by atoms with E-state index in [9.17, 15) is 19.7 Å². The topological polar surface area (TPSA) is 110 Å². The Hall–Kier alpha value is -2.44. The van der Waals surface area contributed by atoms with Crippen LogP contribution in [-0.4, -0.2) is 27.9 Å². The van der Waals surface area contributed by atoms with E-state index in [1.807, 2.05) is 0 Å². The molecular formula is C14H16N2O5. The minimum absolute atomic E-state index is 0.0146. The molecule has 0 radical (unpaired) electrons. The van der Waals surface area contributed by atoms with Crippen molar-refractivity contribution in [1.29, 1.82) is 0 Å². The molecular weight excluding hydrogens is 276 g/mol. The third kappa shape index (κ3) is 4.01. The number of carboxylic acid groups (broad SMARTS) is 1. The quantitative estimate of drug-likeness (QED) is 0.631. The number of hydrogen-bond donors (Lipinski definition) is 2. The van der Waals surface area contributed by atoms with E-state index in [0.29, 0.717) is 24.8 Å². The molecule has 1 aliphatic rings. The number of rotatable bonds is 5. The standard InChI is InChI=1S/C14H16N2O5/c17-13(15-11-4-3-10(8-11)14(18)19)7-9-1-5-12(6-2-9)16(20)21/h1-2,5-6,10-11H,3-4,7-8H2,(H,15,17)(H,18,19)/t10-,11+/m1/s1. The lowest BCUT2D eigenvalue weighted by molar-refractivity contribution is -0.384. The summed E-state index contributed by atoms with van der Waals surface area (Å²) in [5.41, 5.74) is 0.671. The molecule has 7 nitrogen and oxygen atoms in total. The van der Waals surface area contributed by atoms with Crippen molar-refractivity contribution < 1.29 is 19.6 Å². The first-order chi connectivity index (χ1) is 9.95. The molecule has 1 aliphatic carbocycles. The van der Waals surface area contributed by atoms with E-state index in [2.05, 4.69) is 5.32 Å². The minimum atomic E-state index is -0.817. The van der Waals surface area contributed by atoms with Crippen LogP contribution in [0.3, 0.4) is 0 Å². The molecule has 2 atom stereocenters. The molecule has 7 heteroatoms. The van der Waals surface area contributed by atoms with Crippen LogP contribution in [0.15, 0.2) is 24.3 Å². The lowest BCUT2D eigenvalue weighted by Gasteiger charge is -2.12. The Morgan fingerprint density at radius 3 is 2.48 bits per heavy atom. The maximum atomic E-state index is 11.9. The van der Waals surface area contributed by atoms with Gasteiger partial charge in [-0.05, 0) is 24.8 Å². The Morgan fingerprint density at radius 1 is 1.29 bits per heavy atom. The summed E-state index contributed by atoms with van der Waals surface area (Å²) < 4.78 is 0. The van der Waals surface area contributed by atoms with Crippen LogP contribution in [0, 0.1) is 16.0 Å². The van der Waals surface area contributed by atoms with Gasteiger partial charge < -0.3 is 10.4 Å². The normalized spacial score (nSPS) is 21.0. The lowest BCUT2D eigenvalue weighted by Crippen LogP contribution is -2.34. The molecule has 1 amide bonds. The number of carbonyl (C=O) groups is 2. The largest absolute Gasteiger partial charge is 0.481 e. The fourth-order valence-corrected chi connectivity index (χ4v) is 2.54. The molecule has 0 heterocycles. The number of nitro benzene ring substituents is 1. The van der Waals surface area contributed by atoms with Crippen molar-refractivity contribution in [3.05, 3.63) is 39.9 Å². The highest BCUT2D eigenvalue weighted by Crippen LogP contribution is 2.25. The number of hydrogen-bond acceptors (Lipinski definition) is 4. The van der Waals surface area contributed by atoms with E-state index in [-0.39, 0.29) is 30.0 Å². The molecule has 2 N–H and O–H groups in total. The molecule has 0 bridgehead atoms. The maximum Gasteiger partial charge on any atom is 0.306 e. The summed E-state index contributed by atoms with van der Waals surface area (Å²) in [5, 5.41) is 22.2.